The molecule has 0 saturated carbocycles. The summed E-state index contributed by atoms with van der Waals surface area (Å²) in [6.45, 7) is 1.99. The van der Waals surface area contributed by atoms with Gasteiger partial charge in [-0.3, -0.25) is 4.79 Å². The first-order valence-corrected chi connectivity index (χ1v) is 5.75. The van der Waals surface area contributed by atoms with Crippen LogP contribution in [0.2, 0.25) is 0 Å². The highest BCUT2D eigenvalue weighted by atomic mass is 16.6. The van der Waals surface area contributed by atoms with Crippen LogP contribution < -0.4 is 5.73 Å². The number of hydrogen-bond acceptors (Lipinski definition) is 5. The lowest BCUT2D eigenvalue weighted by atomic mass is 10.2. The van der Waals surface area contributed by atoms with Crippen LogP contribution in [0.4, 0.5) is 0 Å². The van der Waals surface area contributed by atoms with Crippen molar-refractivity contribution in [1.82, 2.24) is 0 Å². The summed E-state index contributed by atoms with van der Waals surface area (Å²) >= 11 is 0. The van der Waals surface area contributed by atoms with Crippen LogP contribution in [-0.2, 0) is 25.7 Å². The second kappa shape index (κ2) is 7.58. The molecule has 0 saturated heterocycles. The van der Waals surface area contributed by atoms with Crippen molar-refractivity contribution >= 4 is 11.9 Å². The first-order chi connectivity index (χ1) is 8.63. The fraction of sp³-hybridized carbons (Fsp3) is 0.385. The smallest absolute Gasteiger partial charge is 0.332 e. The first-order valence-electron chi connectivity index (χ1n) is 5.75. The minimum atomic E-state index is -0.941. The van der Waals surface area contributed by atoms with E-state index in [2.05, 4.69) is 4.74 Å². The van der Waals surface area contributed by atoms with Crippen molar-refractivity contribution < 1.29 is 19.1 Å². The van der Waals surface area contributed by atoms with Gasteiger partial charge in [-0.25, -0.2) is 4.79 Å². The molecule has 1 atom stereocenters. The fourth-order valence-corrected chi connectivity index (χ4v) is 1.21. The summed E-state index contributed by atoms with van der Waals surface area (Å²) in [5.74, 6) is -1.34. The van der Waals surface area contributed by atoms with Gasteiger partial charge in [0.1, 0.15) is 6.04 Å². The number of ether oxygens (including phenoxy) is 2. The van der Waals surface area contributed by atoms with E-state index in [0.717, 1.165) is 5.56 Å². The van der Waals surface area contributed by atoms with Crippen LogP contribution >= 0.6 is 0 Å². The summed E-state index contributed by atoms with van der Waals surface area (Å²) < 4.78 is 9.76. The van der Waals surface area contributed by atoms with Crippen molar-refractivity contribution in [3.8, 4) is 0 Å². The Balaban J connectivity index is 2.26. The van der Waals surface area contributed by atoms with Gasteiger partial charge in [0, 0.05) is 6.42 Å². The van der Waals surface area contributed by atoms with Gasteiger partial charge >= 0.3 is 11.9 Å². The second-order valence-electron chi connectivity index (χ2n) is 3.75. The summed E-state index contributed by atoms with van der Waals surface area (Å²) in [5.41, 5.74) is 6.52. The molecule has 0 unspecified atom stereocenters. The minimum absolute atomic E-state index is 0.0186. The van der Waals surface area contributed by atoms with Gasteiger partial charge in [0.2, 0.25) is 0 Å². The number of carbonyl (C=O) groups is 2. The number of carbonyl (C=O) groups excluding carboxylic acids is 2. The highest BCUT2D eigenvalue weighted by molar-refractivity contribution is 5.88. The zero-order valence-corrected chi connectivity index (χ0v) is 10.3. The van der Waals surface area contributed by atoms with Crippen molar-refractivity contribution in [2.75, 3.05) is 6.61 Å². The second-order valence-corrected chi connectivity index (χ2v) is 3.75. The van der Waals surface area contributed by atoms with Gasteiger partial charge in [-0.05, 0) is 5.56 Å². The molecule has 0 radical (unpaired) electrons. The van der Waals surface area contributed by atoms with E-state index in [9.17, 15) is 9.59 Å². The Hall–Kier alpha value is -1.72. The summed E-state index contributed by atoms with van der Waals surface area (Å²) in [7, 11) is 0. The molecule has 1 aromatic rings. The van der Waals surface area contributed by atoms with E-state index in [-0.39, 0.29) is 13.0 Å². The molecule has 1 aromatic carbocycles. The monoisotopic (exact) mass is 251 g/mol. The van der Waals surface area contributed by atoms with Gasteiger partial charge in [-0.2, -0.15) is 0 Å². The molecule has 0 fully saturated rings. The SMILES string of the molecule is CCC(=O)OC(=O)[C@@H](N)COCc1ccccc1. The van der Waals surface area contributed by atoms with Crippen LogP contribution in [0.3, 0.4) is 0 Å². The van der Waals surface area contributed by atoms with E-state index in [1.807, 2.05) is 30.3 Å². The summed E-state index contributed by atoms with van der Waals surface area (Å²) in [6.07, 6.45) is 0.142. The maximum atomic E-state index is 11.3. The van der Waals surface area contributed by atoms with Gasteiger partial charge < -0.3 is 15.2 Å². The van der Waals surface area contributed by atoms with E-state index >= 15 is 0 Å². The van der Waals surface area contributed by atoms with Gasteiger partial charge in [0.15, 0.2) is 0 Å². The quantitative estimate of drug-likeness (QED) is 0.603. The Kier molecular flexibility index (Phi) is 6.04. The van der Waals surface area contributed by atoms with E-state index < -0.39 is 18.0 Å². The topological polar surface area (TPSA) is 78.6 Å². The Labute approximate surface area is 106 Å². The van der Waals surface area contributed by atoms with E-state index in [1.54, 1.807) is 6.92 Å². The van der Waals surface area contributed by atoms with Crippen LogP contribution in [0.25, 0.3) is 0 Å². The molecule has 5 nitrogen and oxygen atoms in total. The van der Waals surface area contributed by atoms with Crippen LogP contribution in [-0.4, -0.2) is 24.6 Å². The van der Waals surface area contributed by atoms with Crippen molar-refractivity contribution in [2.45, 2.75) is 26.0 Å². The molecule has 0 aromatic heterocycles. The Morgan fingerprint density at radius 2 is 1.94 bits per heavy atom. The molecule has 2 N–H and O–H groups in total. The van der Waals surface area contributed by atoms with Crippen molar-refractivity contribution in [3.63, 3.8) is 0 Å². The zero-order valence-electron chi connectivity index (χ0n) is 10.3. The highest BCUT2D eigenvalue weighted by Gasteiger charge is 2.18. The predicted molar refractivity (Wildman–Crippen MR) is 65.5 cm³/mol. The summed E-state index contributed by atoms with van der Waals surface area (Å²) in [6, 6.07) is 8.57. The minimum Gasteiger partial charge on any atom is -0.392 e. The zero-order chi connectivity index (χ0) is 13.4. The predicted octanol–water partition coefficient (Wildman–Crippen LogP) is 1.01. The molecule has 0 spiro atoms. The number of rotatable bonds is 6. The van der Waals surface area contributed by atoms with Gasteiger partial charge in [0.05, 0.1) is 13.2 Å². The van der Waals surface area contributed by atoms with Crippen LogP contribution in [0.15, 0.2) is 30.3 Å². The molecular weight excluding hydrogens is 234 g/mol. The lowest BCUT2D eigenvalue weighted by Gasteiger charge is -2.10. The third-order valence-corrected chi connectivity index (χ3v) is 2.21. The van der Waals surface area contributed by atoms with E-state index in [4.69, 9.17) is 10.5 Å². The Morgan fingerprint density at radius 1 is 1.28 bits per heavy atom. The molecule has 0 aliphatic heterocycles. The number of benzene rings is 1. The molecule has 98 valence electrons. The lowest BCUT2D eigenvalue weighted by Crippen LogP contribution is -2.37. The standard InChI is InChI=1S/C13H17NO4/c1-2-12(15)18-13(16)11(14)9-17-8-10-6-4-3-5-7-10/h3-7,11H,2,8-9,14H2,1H3/t11-/m0/s1. The number of esters is 2. The average molecular weight is 251 g/mol. The molecule has 0 heterocycles. The van der Waals surface area contributed by atoms with E-state index in [1.165, 1.54) is 0 Å². The summed E-state index contributed by atoms with van der Waals surface area (Å²) in [5, 5.41) is 0. The Morgan fingerprint density at radius 3 is 2.56 bits per heavy atom. The first kappa shape index (κ1) is 14.3. The van der Waals surface area contributed by atoms with Crippen LogP contribution in [0.1, 0.15) is 18.9 Å². The molecule has 0 aliphatic rings. The molecule has 0 amide bonds. The highest BCUT2D eigenvalue weighted by Crippen LogP contribution is 2.01. The third kappa shape index (κ3) is 5.07. The largest absolute Gasteiger partial charge is 0.392 e. The van der Waals surface area contributed by atoms with Gasteiger partial charge in [-0.1, -0.05) is 37.3 Å². The number of hydrogen-bond donors (Lipinski definition) is 1. The molecular formula is C13H17NO4. The Bertz CT molecular complexity index is 391. The molecule has 0 bridgehead atoms. The molecule has 0 aliphatic carbocycles. The maximum Gasteiger partial charge on any atom is 0.332 e. The molecule has 18 heavy (non-hydrogen) atoms. The van der Waals surface area contributed by atoms with E-state index in [0.29, 0.717) is 6.61 Å². The van der Waals surface area contributed by atoms with Crippen molar-refractivity contribution in [3.05, 3.63) is 35.9 Å². The fourth-order valence-electron chi connectivity index (χ4n) is 1.21. The van der Waals surface area contributed by atoms with Crippen LogP contribution in [0.5, 0.6) is 0 Å². The van der Waals surface area contributed by atoms with Crippen LogP contribution in [0, 0.1) is 0 Å². The lowest BCUT2D eigenvalue weighted by molar-refractivity contribution is -0.161. The maximum absolute atomic E-state index is 11.3. The third-order valence-electron chi connectivity index (χ3n) is 2.21. The van der Waals surface area contributed by atoms with Gasteiger partial charge in [-0.15, -0.1) is 0 Å². The molecule has 5 heteroatoms. The average Bonchev–Trinajstić information content (AvgIpc) is 2.39. The van der Waals surface area contributed by atoms with Crippen molar-refractivity contribution in [1.29, 1.82) is 0 Å². The van der Waals surface area contributed by atoms with Crippen molar-refractivity contribution in [2.24, 2.45) is 5.73 Å². The normalized spacial score (nSPS) is 11.9. The van der Waals surface area contributed by atoms with Gasteiger partial charge in [0.25, 0.3) is 0 Å². The molecule has 1 rings (SSSR count). The number of nitrogens with two attached hydrogens (primary N) is 1. The summed E-state index contributed by atoms with van der Waals surface area (Å²) in [4.78, 5) is 22.2.